The van der Waals surface area contributed by atoms with Gasteiger partial charge in [0, 0.05) is 24.7 Å². The summed E-state index contributed by atoms with van der Waals surface area (Å²) in [6.45, 7) is 3.14. The van der Waals surface area contributed by atoms with Crippen LogP contribution in [0.25, 0.3) is 0 Å². The Balaban J connectivity index is 1.50. The lowest BCUT2D eigenvalue weighted by Gasteiger charge is -2.31. The first-order valence-corrected chi connectivity index (χ1v) is 8.18. The van der Waals surface area contributed by atoms with Gasteiger partial charge < -0.3 is 9.88 Å². The molecule has 1 heterocycles. The van der Waals surface area contributed by atoms with E-state index in [4.69, 9.17) is 4.98 Å². The second-order valence-corrected chi connectivity index (χ2v) is 6.58. The summed E-state index contributed by atoms with van der Waals surface area (Å²) < 4.78 is 2.33. The summed E-state index contributed by atoms with van der Waals surface area (Å²) in [5.74, 6) is 1.72. The van der Waals surface area contributed by atoms with Crippen LogP contribution in [0.1, 0.15) is 48.4 Å². The summed E-state index contributed by atoms with van der Waals surface area (Å²) in [4.78, 5) is 4.69. The number of nitrogens with one attached hydrogen (secondary N) is 1. The molecular weight excluding hydrogens is 258 g/mol. The van der Waals surface area contributed by atoms with Crippen molar-refractivity contribution in [3.8, 4) is 0 Å². The lowest BCUT2D eigenvalue weighted by Crippen LogP contribution is -2.24. The Morgan fingerprint density at radius 2 is 2.05 bits per heavy atom. The molecule has 0 amide bonds. The van der Waals surface area contributed by atoms with E-state index in [0.717, 1.165) is 18.2 Å². The van der Waals surface area contributed by atoms with Gasteiger partial charge in [-0.25, -0.2) is 4.98 Å². The van der Waals surface area contributed by atoms with Crippen molar-refractivity contribution in [2.75, 3.05) is 5.32 Å². The lowest BCUT2D eigenvalue weighted by molar-refractivity contribution is 0.509. The van der Waals surface area contributed by atoms with E-state index in [1.54, 1.807) is 0 Å². The van der Waals surface area contributed by atoms with Gasteiger partial charge in [-0.1, -0.05) is 37.1 Å². The van der Waals surface area contributed by atoms with Crippen molar-refractivity contribution in [3.63, 3.8) is 0 Å². The Labute approximate surface area is 126 Å². The van der Waals surface area contributed by atoms with Crippen LogP contribution < -0.4 is 5.32 Å². The highest BCUT2D eigenvalue weighted by molar-refractivity contribution is 5.40. The second kappa shape index (κ2) is 5.21. The zero-order valence-electron chi connectivity index (χ0n) is 12.7. The third-order valence-electron chi connectivity index (χ3n) is 4.96. The van der Waals surface area contributed by atoms with Crippen LogP contribution in [0.3, 0.4) is 0 Å². The summed E-state index contributed by atoms with van der Waals surface area (Å²) in [6, 6.07) is 9.45. The monoisotopic (exact) mass is 281 g/mol. The van der Waals surface area contributed by atoms with E-state index >= 15 is 0 Å². The third-order valence-corrected chi connectivity index (χ3v) is 4.96. The number of anilines is 1. The molecule has 2 aliphatic rings. The van der Waals surface area contributed by atoms with Crippen LogP contribution in [0.5, 0.6) is 0 Å². The lowest BCUT2D eigenvalue weighted by atomic mass is 9.77. The molecule has 1 saturated carbocycles. The number of aromatic nitrogens is 2. The molecule has 1 fully saturated rings. The predicted molar refractivity (Wildman–Crippen MR) is 85.7 cm³/mol. The predicted octanol–water partition coefficient (Wildman–Crippen LogP) is 3.89. The summed E-state index contributed by atoms with van der Waals surface area (Å²) in [5, 5.41) is 3.66. The van der Waals surface area contributed by atoms with Crippen LogP contribution in [0, 0.1) is 6.92 Å². The quantitative estimate of drug-likeness (QED) is 0.921. The molecule has 1 aromatic carbocycles. The normalized spacial score (nSPS) is 21.1. The number of rotatable bonds is 4. The molecule has 4 rings (SSSR count). The standard InChI is InChI=1S/C18H23N3/c1-13-11-21(18(19-13)20-16-7-3-4-8-16)12-15-10-14-6-2-5-9-17(14)15/h2,5-6,9,11,15-16H,3-4,7-8,10,12H2,1H3,(H,19,20). The van der Waals surface area contributed by atoms with E-state index in [-0.39, 0.29) is 0 Å². The Hall–Kier alpha value is -1.77. The van der Waals surface area contributed by atoms with Gasteiger partial charge in [0.15, 0.2) is 0 Å². The zero-order valence-corrected chi connectivity index (χ0v) is 12.7. The molecule has 0 bridgehead atoms. The minimum Gasteiger partial charge on any atom is -0.353 e. The average Bonchev–Trinajstić information content (AvgIpc) is 3.07. The summed E-state index contributed by atoms with van der Waals surface area (Å²) in [7, 11) is 0. The molecule has 110 valence electrons. The molecule has 0 aliphatic heterocycles. The van der Waals surface area contributed by atoms with Crippen LogP contribution in [0.15, 0.2) is 30.5 Å². The molecule has 2 aliphatic carbocycles. The zero-order chi connectivity index (χ0) is 14.2. The number of aryl methyl sites for hydroxylation is 1. The molecule has 0 saturated heterocycles. The molecule has 1 atom stereocenters. The third kappa shape index (κ3) is 2.45. The second-order valence-electron chi connectivity index (χ2n) is 6.58. The van der Waals surface area contributed by atoms with Gasteiger partial charge in [0.1, 0.15) is 0 Å². The van der Waals surface area contributed by atoms with Crippen LogP contribution in [0.4, 0.5) is 5.95 Å². The first-order chi connectivity index (χ1) is 10.3. The van der Waals surface area contributed by atoms with E-state index in [1.165, 1.54) is 43.2 Å². The van der Waals surface area contributed by atoms with Crippen molar-refractivity contribution in [1.82, 2.24) is 9.55 Å². The van der Waals surface area contributed by atoms with Crippen molar-refractivity contribution < 1.29 is 0 Å². The summed E-state index contributed by atoms with van der Waals surface area (Å²) in [6.07, 6.45) is 8.69. The minimum absolute atomic E-state index is 0.624. The van der Waals surface area contributed by atoms with E-state index < -0.39 is 0 Å². The number of nitrogens with zero attached hydrogens (tertiary/aromatic N) is 2. The van der Waals surface area contributed by atoms with Crippen molar-refractivity contribution in [3.05, 3.63) is 47.3 Å². The number of benzene rings is 1. The van der Waals surface area contributed by atoms with Crippen LogP contribution in [-0.4, -0.2) is 15.6 Å². The van der Waals surface area contributed by atoms with E-state index in [0.29, 0.717) is 12.0 Å². The maximum absolute atomic E-state index is 4.69. The fraction of sp³-hybridized carbons (Fsp3) is 0.500. The highest BCUT2D eigenvalue weighted by Crippen LogP contribution is 2.36. The SMILES string of the molecule is Cc1cn(CC2Cc3ccccc32)c(NC2CCCC2)n1. The topological polar surface area (TPSA) is 29.9 Å². The molecule has 2 aromatic rings. The maximum atomic E-state index is 4.69. The van der Waals surface area contributed by atoms with E-state index in [2.05, 4.69) is 47.3 Å². The Morgan fingerprint density at radius 3 is 2.86 bits per heavy atom. The van der Waals surface area contributed by atoms with Crippen molar-refractivity contribution in [1.29, 1.82) is 0 Å². The Bertz CT molecular complexity index is 638. The van der Waals surface area contributed by atoms with Gasteiger partial charge in [-0.2, -0.15) is 0 Å². The fourth-order valence-corrected chi connectivity index (χ4v) is 3.82. The highest BCUT2D eigenvalue weighted by atomic mass is 15.2. The summed E-state index contributed by atoms with van der Waals surface area (Å²) in [5.41, 5.74) is 4.16. The van der Waals surface area contributed by atoms with E-state index in [1.807, 2.05) is 0 Å². The Morgan fingerprint density at radius 1 is 1.24 bits per heavy atom. The molecular formula is C18H23N3. The van der Waals surface area contributed by atoms with Gasteiger partial charge in [-0.3, -0.25) is 0 Å². The van der Waals surface area contributed by atoms with E-state index in [9.17, 15) is 0 Å². The first kappa shape index (κ1) is 12.9. The largest absolute Gasteiger partial charge is 0.353 e. The van der Waals surface area contributed by atoms with Gasteiger partial charge in [-0.05, 0) is 37.3 Å². The molecule has 3 nitrogen and oxygen atoms in total. The molecule has 0 spiro atoms. The van der Waals surface area contributed by atoms with Gasteiger partial charge >= 0.3 is 0 Å². The average molecular weight is 281 g/mol. The smallest absolute Gasteiger partial charge is 0.203 e. The van der Waals surface area contributed by atoms with Crippen molar-refractivity contribution in [2.45, 2.75) is 57.5 Å². The fourth-order valence-electron chi connectivity index (χ4n) is 3.82. The molecule has 0 radical (unpaired) electrons. The minimum atomic E-state index is 0.624. The van der Waals surface area contributed by atoms with Gasteiger partial charge in [0.2, 0.25) is 5.95 Å². The number of hydrogen-bond donors (Lipinski definition) is 1. The van der Waals surface area contributed by atoms with Gasteiger partial charge in [0.25, 0.3) is 0 Å². The van der Waals surface area contributed by atoms with Gasteiger partial charge in [-0.15, -0.1) is 0 Å². The van der Waals surface area contributed by atoms with Crippen LogP contribution in [-0.2, 0) is 13.0 Å². The number of fused-ring (bicyclic) bond motifs is 1. The molecule has 1 N–H and O–H groups in total. The molecule has 1 unspecified atom stereocenters. The first-order valence-electron chi connectivity index (χ1n) is 8.18. The van der Waals surface area contributed by atoms with Crippen LogP contribution in [0.2, 0.25) is 0 Å². The van der Waals surface area contributed by atoms with Gasteiger partial charge in [0.05, 0.1) is 5.69 Å². The highest BCUT2D eigenvalue weighted by Gasteiger charge is 2.27. The molecule has 1 aromatic heterocycles. The number of hydrogen-bond acceptors (Lipinski definition) is 2. The Kier molecular flexibility index (Phi) is 3.21. The molecule has 21 heavy (non-hydrogen) atoms. The van der Waals surface area contributed by atoms with Crippen molar-refractivity contribution >= 4 is 5.95 Å². The maximum Gasteiger partial charge on any atom is 0.203 e. The van der Waals surface area contributed by atoms with Crippen LogP contribution >= 0.6 is 0 Å². The summed E-state index contributed by atoms with van der Waals surface area (Å²) >= 11 is 0. The van der Waals surface area contributed by atoms with Crippen molar-refractivity contribution in [2.24, 2.45) is 0 Å². The molecule has 3 heteroatoms. The number of imidazole rings is 1.